The van der Waals surface area contributed by atoms with Crippen LogP contribution in [0.2, 0.25) is 0 Å². The highest BCUT2D eigenvalue weighted by Crippen LogP contribution is 2.49. The van der Waals surface area contributed by atoms with E-state index in [1.165, 1.54) is 127 Å². The molecule has 5 aromatic heterocycles. The zero-order chi connectivity index (χ0) is 44.5. The second kappa shape index (κ2) is 14.4. The first-order valence-corrected chi connectivity index (χ1v) is 23.9. The number of fused-ring (bicyclic) bond motifs is 14. The van der Waals surface area contributed by atoms with E-state index in [1.54, 1.807) is 0 Å². The molecule has 0 amide bonds. The molecule has 1 aliphatic carbocycles. The highest BCUT2D eigenvalue weighted by Gasteiger charge is 2.29. The Balaban J connectivity index is 0.908. The molecule has 318 valence electrons. The minimum absolute atomic E-state index is 0.386. The summed E-state index contributed by atoms with van der Waals surface area (Å²) in [6.45, 7) is 0. The molecule has 15 rings (SSSR count). The fraction of sp³-hybridized carbons (Fsp3) is 0.0462. The van der Waals surface area contributed by atoms with E-state index in [2.05, 4.69) is 244 Å². The smallest absolute Gasteiger partial charge is 0.0810 e. The minimum atomic E-state index is 0.386. The van der Waals surface area contributed by atoms with Crippen molar-refractivity contribution in [3.05, 3.63) is 247 Å². The molecule has 3 nitrogen and oxygen atoms in total. The Hall–Kier alpha value is -8.66. The van der Waals surface area contributed by atoms with E-state index < -0.39 is 0 Å². The van der Waals surface area contributed by atoms with E-state index in [9.17, 15) is 0 Å². The van der Waals surface area contributed by atoms with Gasteiger partial charge in [-0.3, -0.25) is 0 Å². The van der Waals surface area contributed by atoms with Gasteiger partial charge in [0.2, 0.25) is 0 Å². The van der Waals surface area contributed by atoms with Crippen LogP contribution in [0.4, 0.5) is 0 Å². The van der Waals surface area contributed by atoms with E-state index in [0.29, 0.717) is 5.92 Å². The molecule has 5 heterocycles. The third-order valence-electron chi connectivity index (χ3n) is 15.2. The first-order valence-electron chi connectivity index (χ1n) is 23.9. The number of benzene rings is 9. The normalized spacial score (nSPS) is 13.6. The van der Waals surface area contributed by atoms with Gasteiger partial charge in [0.15, 0.2) is 0 Å². The third kappa shape index (κ3) is 5.36. The van der Waals surface area contributed by atoms with Gasteiger partial charge in [0.1, 0.15) is 0 Å². The van der Waals surface area contributed by atoms with Crippen molar-refractivity contribution in [3.8, 4) is 44.8 Å². The molecule has 0 saturated carbocycles. The number of para-hydroxylation sites is 2. The molecule has 0 N–H and O–H groups in total. The molecule has 0 spiro atoms. The summed E-state index contributed by atoms with van der Waals surface area (Å²) in [7, 11) is 0. The molecule has 9 aromatic carbocycles. The van der Waals surface area contributed by atoms with Crippen LogP contribution in [0.25, 0.3) is 116 Å². The summed E-state index contributed by atoms with van der Waals surface area (Å²) >= 11 is 0. The lowest BCUT2D eigenvalue weighted by atomic mass is 9.90. The van der Waals surface area contributed by atoms with Crippen LogP contribution in [-0.4, -0.2) is 13.5 Å². The molecule has 0 fully saturated rings. The average Bonchev–Trinajstić information content (AvgIpc) is 4.19. The van der Waals surface area contributed by atoms with Gasteiger partial charge in [-0.2, -0.15) is 0 Å². The zero-order valence-electron chi connectivity index (χ0n) is 37.3. The van der Waals surface area contributed by atoms with Crippen LogP contribution >= 0.6 is 0 Å². The first kappa shape index (κ1) is 37.5. The first-order chi connectivity index (χ1) is 33.7. The summed E-state index contributed by atoms with van der Waals surface area (Å²) in [4.78, 5) is 0. The van der Waals surface area contributed by atoms with E-state index >= 15 is 0 Å². The molecule has 0 aliphatic heterocycles. The Morgan fingerprint density at radius 1 is 0.324 bits per heavy atom. The number of nitrogens with zero attached hydrogens (tertiary/aromatic N) is 3. The predicted octanol–water partition coefficient (Wildman–Crippen LogP) is 17.0. The van der Waals surface area contributed by atoms with Gasteiger partial charge in [0, 0.05) is 49.6 Å². The molecule has 0 saturated heterocycles. The van der Waals surface area contributed by atoms with Gasteiger partial charge in [-0.15, -0.1) is 0 Å². The lowest BCUT2D eigenvalue weighted by Crippen LogP contribution is -1.99. The van der Waals surface area contributed by atoms with Gasteiger partial charge in [0.25, 0.3) is 0 Å². The molecular formula is C65H43N3. The quantitative estimate of drug-likeness (QED) is 0.152. The summed E-state index contributed by atoms with van der Waals surface area (Å²) < 4.78 is 7.42. The predicted molar refractivity (Wildman–Crippen MR) is 285 cm³/mol. The minimum Gasteiger partial charge on any atom is -0.309 e. The van der Waals surface area contributed by atoms with Crippen molar-refractivity contribution in [3.63, 3.8) is 0 Å². The molecular weight excluding hydrogens is 823 g/mol. The van der Waals surface area contributed by atoms with Crippen molar-refractivity contribution in [1.29, 1.82) is 0 Å². The summed E-state index contributed by atoms with van der Waals surface area (Å²) in [5.41, 5.74) is 22.9. The van der Waals surface area contributed by atoms with Crippen molar-refractivity contribution < 1.29 is 0 Å². The highest BCUT2D eigenvalue weighted by molar-refractivity contribution is 6.29. The summed E-state index contributed by atoms with van der Waals surface area (Å²) in [6.07, 6.45) is 2.15. The van der Waals surface area contributed by atoms with Gasteiger partial charge in [0.05, 0.1) is 38.6 Å². The Labute approximate surface area is 393 Å². The number of aromatic nitrogens is 3. The molecule has 1 aliphatic rings. The fourth-order valence-corrected chi connectivity index (χ4v) is 12.2. The van der Waals surface area contributed by atoms with Crippen molar-refractivity contribution in [2.45, 2.75) is 18.8 Å². The highest BCUT2D eigenvalue weighted by atomic mass is 15.0. The monoisotopic (exact) mass is 865 g/mol. The number of aryl methyl sites for hydroxylation is 1. The molecule has 1 atom stereocenters. The van der Waals surface area contributed by atoms with Gasteiger partial charge < -0.3 is 13.5 Å². The zero-order valence-corrected chi connectivity index (χ0v) is 37.3. The maximum atomic E-state index is 2.49. The van der Waals surface area contributed by atoms with Crippen LogP contribution in [-0.2, 0) is 6.42 Å². The largest absolute Gasteiger partial charge is 0.309 e. The van der Waals surface area contributed by atoms with E-state index in [0.717, 1.165) is 18.5 Å². The maximum absolute atomic E-state index is 2.49. The molecule has 0 radical (unpaired) electrons. The van der Waals surface area contributed by atoms with Crippen LogP contribution in [0.5, 0.6) is 0 Å². The van der Waals surface area contributed by atoms with Crippen LogP contribution in [0.1, 0.15) is 29.0 Å². The average molecular weight is 866 g/mol. The molecule has 3 heteroatoms. The van der Waals surface area contributed by atoms with Gasteiger partial charge >= 0.3 is 0 Å². The lowest BCUT2D eigenvalue weighted by molar-refractivity contribution is 0.729. The standard InChI is InChI=1S/C65H43N3/c1-4-15-41(16-5-1)27-32-50-48-21-10-11-22-49(48)54-37-42(28-33-51(50)54)43-29-34-59-55(38-43)56-39-44(30-35-60(56)66(59)46-17-6-2-7-18-46)45-31-36-61-57(40-45)63-62-26-14-25-58-52-23-12-13-24-53(52)64(68(58)62)65(63)67(61)47-19-8-3-9-20-47/h1-26,28-31,33-40,50H,27,32H2. The van der Waals surface area contributed by atoms with Gasteiger partial charge in [-0.1, -0.05) is 152 Å². The van der Waals surface area contributed by atoms with Crippen LogP contribution < -0.4 is 0 Å². The molecule has 14 aromatic rings. The fourth-order valence-electron chi connectivity index (χ4n) is 12.2. The Morgan fingerprint density at radius 2 is 0.853 bits per heavy atom. The lowest BCUT2D eigenvalue weighted by Gasteiger charge is -2.14. The Bertz CT molecular complexity index is 4300. The van der Waals surface area contributed by atoms with Crippen molar-refractivity contribution in [2.75, 3.05) is 0 Å². The summed E-state index contributed by atoms with van der Waals surface area (Å²) in [5.74, 6) is 0.386. The van der Waals surface area contributed by atoms with Crippen molar-refractivity contribution >= 4 is 70.9 Å². The number of pyridine rings is 1. The van der Waals surface area contributed by atoms with E-state index in [4.69, 9.17) is 0 Å². The SMILES string of the molecule is c1ccc(CCC2c3ccccc3-c3cc(-c4ccc5c(c4)c4cc(-c6ccc7c(c6)c6c(c8c9ccccc9c9cccc6n98)n7-c6ccccc6)ccc4n5-c4ccccc4)ccc32)cc1. The van der Waals surface area contributed by atoms with Crippen LogP contribution in [0.15, 0.2) is 231 Å². The van der Waals surface area contributed by atoms with E-state index in [-0.39, 0.29) is 0 Å². The van der Waals surface area contributed by atoms with Crippen molar-refractivity contribution in [1.82, 2.24) is 13.5 Å². The Morgan fingerprint density at radius 3 is 1.56 bits per heavy atom. The number of hydrogen-bond acceptors (Lipinski definition) is 0. The maximum Gasteiger partial charge on any atom is 0.0810 e. The third-order valence-corrected chi connectivity index (χ3v) is 15.2. The summed E-state index contributed by atoms with van der Waals surface area (Å²) in [5, 5.41) is 7.62. The van der Waals surface area contributed by atoms with Crippen molar-refractivity contribution in [2.24, 2.45) is 0 Å². The van der Waals surface area contributed by atoms with Crippen LogP contribution in [0.3, 0.4) is 0 Å². The molecule has 1 unspecified atom stereocenters. The van der Waals surface area contributed by atoms with E-state index in [1.807, 2.05) is 0 Å². The van der Waals surface area contributed by atoms with Gasteiger partial charge in [-0.25, -0.2) is 0 Å². The number of rotatable bonds is 7. The second-order valence-electron chi connectivity index (χ2n) is 18.8. The second-order valence-corrected chi connectivity index (χ2v) is 18.8. The number of hydrogen-bond donors (Lipinski definition) is 0. The summed E-state index contributed by atoms with van der Waals surface area (Å²) in [6, 6.07) is 85.9. The van der Waals surface area contributed by atoms with Gasteiger partial charge in [-0.05, 0) is 142 Å². The molecule has 0 bridgehead atoms. The topological polar surface area (TPSA) is 14.3 Å². The Kier molecular flexibility index (Phi) is 7.96. The van der Waals surface area contributed by atoms with Crippen LogP contribution in [0, 0.1) is 0 Å². The molecule has 68 heavy (non-hydrogen) atoms.